The van der Waals surface area contributed by atoms with Gasteiger partial charge < -0.3 is 0 Å². The van der Waals surface area contributed by atoms with E-state index in [9.17, 15) is 0 Å². The van der Waals surface area contributed by atoms with Crippen molar-refractivity contribution >= 4 is 45.9 Å². The summed E-state index contributed by atoms with van der Waals surface area (Å²) in [6.45, 7) is 23.5. The Hall–Kier alpha value is -2.93. The minimum absolute atomic E-state index is 0. The number of benzene rings is 2. The molecule has 34 heavy (non-hydrogen) atoms. The Balaban J connectivity index is -0.000000195. The van der Waals surface area contributed by atoms with Crippen molar-refractivity contribution in [3.8, 4) is 0 Å². The topological polar surface area (TPSA) is 34.1 Å². The Labute approximate surface area is 213 Å². The molecule has 186 valence electrons. The maximum Gasteiger partial charge on any atom is 0.176 e. The molecule has 0 aromatic heterocycles. The highest BCUT2D eigenvalue weighted by Crippen LogP contribution is 2.16. The molecule has 0 fully saturated rings. The SMILES string of the molecule is C.C.C=C=C=O.C=C=C=O.C=Cc1ccc([SiH](C)C)cc1.CCC(C)c1ccc([SiH](C)C)cc1. The van der Waals surface area contributed by atoms with Crippen LogP contribution < -0.4 is 10.4 Å². The first-order valence-corrected chi connectivity index (χ1v) is 16.6. The molecule has 0 amide bonds. The highest BCUT2D eigenvalue weighted by molar-refractivity contribution is 6.71. The van der Waals surface area contributed by atoms with Gasteiger partial charge in [-0.2, -0.15) is 0 Å². The molecular formula is C30H46O2Si2. The first-order chi connectivity index (χ1) is 15.2. The molecule has 2 nitrogen and oxygen atoms in total. The summed E-state index contributed by atoms with van der Waals surface area (Å²) in [5.74, 6) is 3.35. The van der Waals surface area contributed by atoms with E-state index in [1.165, 1.54) is 34.6 Å². The Bertz CT molecular complexity index is 863. The van der Waals surface area contributed by atoms with Gasteiger partial charge in [0.2, 0.25) is 0 Å². The van der Waals surface area contributed by atoms with Crippen LogP contribution in [0.5, 0.6) is 0 Å². The molecule has 0 aliphatic carbocycles. The zero-order valence-electron chi connectivity index (χ0n) is 20.6. The fraction of sp³-hybridized carbons (Fsp3) is 0.333. The Morgan fingerprint density at radius 3 is 1.35 bits per heavy atom. The molecule has 2 rings (SSSR count). The van der Waals surface area contributed by atoms with Crippen LogP contribution in [-0.2, 0) is 9.59 Å². The smallest absolute Gasteiger partial charge is 0.176 e. The molecule has 2 aromatic carbocycles. The second-order valence-corrected chi connectivity index (χ2v) is 13.7. The number of hydrogen-bond acceptors (Lipinski definition) is 2. The van der Waals surface area contributed by atoms with Crippen molar-refractivity contribution in [1.29, 1.82) is 0 Å². The van der Waals surface area contributed by atoms with Crippen molar-refractivity contribution < 1.29 is 9.59 Å². The van der Waals surface area contributed by atoms with Crippen molar-refractivity contribution in [3.63, 3.8) is 0 Å². The lowest BCUT2D eigenvalue weighted by Crippen LogP contribution is -2.22. The Morgan fingerprint density at radius 1 is 0.794 bits per heavy atom. The van der Waals surface area contributed by atoms with E-state index in [4.69, 9.17) is 9.59 Å². The summed E-state index contributed by atoms with van der Waals surface area (Å²) >= 11 is 0. The molecule has 1 atom stereocenters. The summed E-state index contributed by atoms with van der Waals surface area (Å²) in [6.07, 6.45) is 3.12. The number of hydrogen-bond donors (Lipinski definition) is 0. The van der Waals surface area contributed by atoms with E-state index < -0.39 is 17.6 Å². The van der Waals surface area contributed by atoms with Crippen molar-refractivity contribution in [2.45, 2.75) is 67.2 Å². The highest BCUT2D eigenvalue weighted by Gasteiger charge is 2.04. The molecule has 0 radical (unpaired) electrons. The molecule has 0 heterocycles. The molecule has 0 aliphatic rings. The van der Waals surface area contributed by atoms with Gasteiger partial charge in [-0.1, -0.05) is 126 Å². The van der Waals surface area contributed by atoms with Crippen LogP contribution in [0, 0.1) is 0 Å². The number of rotatable bonds is 5. The summed E-state index contributed by atoms with van der Waals surface area (Å²) in [7, 11) is -1.18. The maximum absolute atomic E-state index is 8.88. The van der Waals surface area contributed by atoms with Crippen molar-refractivity contribution in [2.24, 2.45) is 0 Å². The third-order valence-electron chi connectivity index (χ3n) is 4.77. The van der Waals surface area contributed by atoms with Gasteiger partial charge in [-0.05, 0) is 48.1 Å². The molecule has 4 heteroatoms. The van der Waals surface area contributed by atoms with Crippen LogP contribution in [0.4, 0.5) is 0 Å². The first-order valence-electron chi connectivity index (χ1n) is 10.8. The van der Waals surface area contributed by atoms with Gasteiger partial charge in [0.15, 0.2) is 11.9 Å². The monoisotopic (exact) mass is 494 g/mol. The second-order valence-electron chi connectivity index (χ2n) is 7.71. The van der Waals surface area contributed by atoms with Crippen molar-refractivity contribution in [1.82, 2.24) is 0 Å². The molecule has 0 aliphatic heterocycles. The normalized spacial score (nSPS) is 9.06. The summed E-state index contributed by atoms with van der Waals surface area (Å²) < 4.78 is 0. The van der Waals surface area contributed by atoms with Gasteiger partial charge in [0.05, 0.1) is 17.6 Å². The lowest BCUT2D eigenvalue weighted by atomic mass is 9.99. The molecule has 2 aromatic rings. The number of carbonyl (C=O) groups excluding carboxylic acids is 2. The zero-order chi connectivity index (χ0) is 24.9. The van der Waals surface area contributed by atoms with E-state index in [2.05, 4.69) is 108 Å². The van der Waals surface area contributed by atoms with Crippen LogP contribution >= 0.6 is 0 Å². The minimum atomic E-state index is -0.595. The molecule has 0 saturated heterocycles. The summed E-state index contributed by atoms with van der Waals surface area (Å²) in [5, 5.41) is 3.10. The predicted molar refractivity (Wildman–Crippen MR) is 162 cm³/mol. The van der Waals surface area contributed by atoms with Crippen LogP contribution in [0.2, 0.25) is 26.2 Å². The third-order valence-corrected chi connectivity index (χ3v) is 8.20. The van der Waals surface area contributed by atoms with E-state index in [1.54, 1.807) is 5.19 Å². The van der Waals surface area contributed by atoms with Gasteiger partial charge >= 0.3 is 0 Å². The van der Waals surface area contributed by atoms with Crippen molar-refractivity contribution in [2.75, 3.05) is 0 Å². The van der Waals surface area contributed by atoms with Crippen LogP contribution in [0.25, 0.3) is 6.08 Å². The van der Waals surface area contributed by atoms with Crippen LogP contribution in [0.1, 0.15) is 52.2 Å². The van der Waals surface area contributed by atoms with Crippen molar-refractivity contribution in [3.05, 3.63) is 90.9 Å². The van der Waals surface area contributed by atoms with Gasteiger partial charge in [0.1, 0.15) is 0 Å². The quantitative estimate of drug-likeness (QED) is 0.270. The second kappa shape index (κ2) is 24.7. The van der Waals surface area contributed by atoms with Crippen LogP contribution in [0.3, 0.4) is 0 Å². The van der Waals surface area contributed by atoms with E-state index in [1.807, 2.05) is 17.5 Å². The lowest BCUT2D eigenvalue weighted by Gasteiger charge is -2.10. The molecule has 0 spiro atoms. The largest absolute Gasteiger partial charge is 0.224 e. The molecule has 0 N–H and O–H groups in total. The fourth-order valence-corrected chi connectivity index (χ4v) is 4.39. The van der Waals surface area contributed by atoms with Gasteiger partial charge in [0.25, 0.3) is 0 Å². The standard InChI is InChI=1S/C12H20Si.C10H14Si.2C3H2O.2CH4/c1-5-10(2)11-6-8-12(9-7-11)13(3)4;1-4-9-5-7-10(8-6-9)11(2)3;2*1-2-3-4;;/h6-10,13H,5H2,1-4H3;4-8,11H,1H2,2-3H3;2*1H2;2*1H4. The Kier molecular flexibility index (Phi) is 27.9. The molecule has 1 unspecified atom stereocenters. The fourth-order valence-electron chi connectivity index (χ4n) is 2.46. The van der Waals surface area contributed by atoms with E-state index in [0.29, 0.717) is 5.92 Å². The predicted octanol–water partition coefficient (Wildman–Crippen LogP) is 6.51. The summed E-state index contributed by atoms with van der Waals surface area (Å²) in [4.78, 5) is 17.8. The van der Waals surface area contributed by atoms with Crippen LogP contribution in [0.15, 0.2) is 79.7 Å². The van der Waals surface area contributed by atoms with E-state index in [0.717, 1.165) is 0 Å². The van der Waals surface area contributed by atoms with E-state index >= 15 is 0 Å². The lowest BCUT2D eigenvalue weighted by molar-refractivity contribution is 0.568. The Morgan fingerprint density at radius 2 is 1.12 bits per heavy atom. The average Bonchev–Trinajstić information content (AvgIpc) is 2.84. The van der Waals surface area contributed by atoms with Gasteiger partial charge in [0, 0.05) is 0 Å². The third kappa shape index (κ3) is 18.6. The molecular weight excluding hydrogens is 449 g/mol. The van der Waals surface area contributed by atoms with Crippen LogP contribution in [-0.4, -0.2) is 29.5 Å². The summed E-state index contributed by atoms with van der Waals surface area (Å²) in [6, 6.07) is 17.9. The minimum Gasteiger partial charge on any atom is -0.224 e. The highest BCUT2D eigenvalue weighted by atomic mass is 28.3. The van der Waals surface area contributed by atoms with E-state index in [-0.39, 0.29) is 14.9 Å². The first kappa shape index (κ1) is 38.3. The molecule has 0 bridgehead atoms. The molecule has 0 saturated carbocycles. The summed E-state index contributed by atoms with van der Waals surface area (Å²) in [5.41, 5.74) is 6.45. The zero-order valence-corrected chi connectivity index (χ0v) is 22.9. The van der Waals surface area contributed by atoms with Gasteiger partial charge in [-0.25, -0.2) is 9.59 Å². The maximum atomic E-state index is 8.88. The van der Waals surface area contributed by atoms with Gasteiger partial charge in [-0.15, -0.1) is 0 Å². The van der Waals surface area contributed by atoms with Gasteiger partial charge in [-0.3, -0.25) is 0 Å². The average molecular weight is 495 g/mol.